The van der Waals surface area contributed by atoms with Gasteiger partial charge in [-0.1, -0.05) is 124 Å². The molecule has 4 nitrogen and oxygen atoms in total. The molecule has 1 saturated heterocycles. The molecule has 2 spiro atoms. The van der Waals surface area contributed by atoms with Gasteiger partial charge in [-0.25, -0.2) is 9.78 Å². The maximum absolute atomic E-state index is 6.65. The van der Waals surface area contributed by atoms with E-state index in [9.17, 15) is 0 Å². The first kappa shape index (κ1) is 29.5. The van der Waals surface area contributed by atoms with Gasteiger partial charge in [-0.2, -0.15) is 0 Å². The summed E-state index contributed by atoms with van der Waals surface area (Å²) in [5, 5.41) is 0. The minimum absolute atomic E-state index is 0.827. The van der Waals surface area contributed by atoms with Gasteiger partial charge in [-0.3, -0.25) is 0 Å². The summed E-state index contributed by atoms with van der Waals surface area (Å²) in [6.07, 6.45) is 2.35. The third-order valence-corrected chi connectivity index (χ3v) is 13.4. The Labute approximate surface area is 265 Å². The first-order chi connectivity index (χ1) is 21.1. The lowest BCUT2D eigenvalue weighted by Crippen LogP contribution is -2.66. The fraction of sp³-hybridized carbons (Fsp3) is 0.368. The number of nitrogens with zero attached hydrogens (tertiary/aromatic N) is 2. The van der Waals surface area contributed by atoms with Crippen LogP contribution in [0.3, 0.4) is 0 Å². The van der Waals surface area contributed by atoms with Crippen LogP contribution in [0.15, 0.2) is 97.1 Å². The van der Waals surface area contributed by atoms with Crippen LogP contribution in [0.25, 0.3) is 0 Å². The highest BCUT2D eigenvalue weighted by molar-refractivity contribution is 6.76. The number of hydrogen-bond donors (Lipinski definition) is 0. The summed E-state index contributed by atoms with van der Waals surface area (Å²) in [5.41, 5.74) is 7.93. The molecule has 228 valence electrons. The number of anilines is 4. The van der Waals surface area contributed by atoms with Gasteiger partial charge in [0.05, 0.1) is 0 Å². The molecule has 3 aliphatic heterocycles. The molecule has 44 heavy (non-hydrogen) atoms. The Balaban J connectivity index is 1.42. The minimum atomic E-state index is -1.16. The Bertz CT molecular complexity index is 1470. The summed E-state index contributed by atoms with van der Waals surface area (Å²) in [7, 11) is -2.32. The molecular formula is C38H46N2O2Si2. The van der Waals surface area contributed by atoms with Crippen LogP contribution in [0.2, 0.25) is 51.4 Å². The summed E-state index contributed by atoms with van der Waals surface area (Å²) < 4.78 is 0. The summed E-state index contributed by atoms with van der Waals surface area (Å²) in [6.45, 7) is 16.8. The second-order valence-electron chi connectivity index (χ2n) is 15.2. The van der Waals surface area contributed by atoms with Crippen LogP contribution >= 0.6 is 0 Å². The Morgan fingerprint density at radius 3 is 0.977 bits per heavy atom. The SMILES string of the molecule is C[Si](C)(C)CCCN1c2ccccc2C2(OOC23c2ccccc2N(CCC[Si](C)(C)C)c2ccccc23)c2ccccc21. The van der Waals surface area contributed by atoms with Crippen LogP contribution in [0.5, 0.6) is 0 Å². The highest BCUT2D eigenvalue weighted by Crippen LogP contribution is 2.70. The van der Waals surface area contributed by atoms with Crippen molar-refractivity contribution in [3.8, 4) is 0 Å². The highest BCUT2D eigenvalue weighted by atomic mass is 28.3. The molecule has 4 aromatic carbocycles. The van der Waals surface area contributed by atoms with Crippen molar-refractivity contribution >= 4 is 38.9 Å². The van der Waals surface area contributed by atoms with E-state index < -0.39 is 27.3 Å². The molecule has 0 bridgehead atoms. The standard InChI is InChI=1S/C38H46N2O2Si2/c1-43(2,3)27-15-25-39-33-21-11-7-17-29(33)37(30-18-8-12-22-34(30)39)38(42-41-37)31-19-9-13-23-35(31)40(26-16-28-44(4,5)6)36-24-14-10-20-32(36)38/h7-14,17-24H,15-16,25-28H2,1-6H3. The van der Waals surface area contributed by atoms with E-state index in [4.69, 9.17) is 9.78 Å². The van der Waals surface area contributed by atoms with Crippen LogP contribution in [0.1, 0.15) is 35.1 Å². The van der Waals surface area contributed by atoms with E-state index in [0.717, 1.165) is 13.1 Å². The van der Waals surface area contributed by atoms with Gasteiger partial charge in [0.1, 0.15) is 0 Å². The summed E-state index contributed by atoms with van der Waals surface area (Å²) in [5.74, 6) is 0. The molecule has 7 rings (SSSR count). The molecule has 0 saturated carbocycles. The van der Waals surface area contributed by atoms with E-state index in [1.165, 1.54) is 69.9 Å². The average Bonchev–Trinajstić information content (AvgIpc) is 2.98. The number of rotatable bonds is 8. The van der Waals surface area contributed by atoms with Gasteiger partial charge in [0.15, 0.2) is 11.2 Å². The third-order valence-electron chi connectivity index (χ3n) is 9.70. The van der Waals surface area contributed by atoms with Gasteiger partial charge in [-0.05, 0) is 37.1 Å². The number of hydrogen-bond acceptors (Lipinski definition) is 4. The molecule has 6 heteroatoms. The highest BCUT2D eigenvalue weighted by Gasteiger charge is 2.73. The molecule has 3 aliphatic rings. The van der Waals surface area contributed by atoms with Crippen LogP contribution in [0.4, 0.5) is 22.7 Å². The second kappa shape index (κ2) is 10.7. The van der Waals surface area contributed by atoms with Crippen molar-refractivity contribution in [1.82, 2.24) is 0 Å². The summed E-state index contributed by atoms with van der Waals surface area (Å²) >= 11 is 0. The molecule has 0 atom stereocenters. The minimum Gasteiger partial charge on any atom is -0.341 e. The van der Waals surface area contributed by atoms with Crippen molar-refractivity contribution < 1.29 is 9.78 Å². The Kier molecular flexibility index (Phi) is 7.20. The number of fused-ring (bicyclic) bond motifs is 9. The van der Waals surface area contributed by atoms with Gasteiger partial charge in [0.25, 0.3) is 0 Å². The monoisotopic (exact) mass is 618 g/mol. The van der Waals surface area contributed by atoms with Crippen molar-refractivity contribution in [2.45, 2.75) is 75.4 Å². The Morgan fingerprint density at radius 2 is 0.727 bits per heavy atom. The second-order valence-corrected chi connectivity index (χ2v) is 26.5. The van der Waals surface area contributed by atoms with E-state index in [1.54, 1.807) is 0 Å². The largest absolute Gasteiger partial charge is 0.341 e. The number of benzene rings is 4. The van der Waals surface area contributed by atoms with Crippen LogP contribution in [-0.4, -0.2) is 29.2 Å². The van der Waals surface area contributed by atoms with Gasteiger partial charge in [0.2, 0.25) is 0 Å². The molecule has 4 aromatic rings. The summed E-state index contributed by atoms with van der Waals surface area (Å²) in [6, 6.07) is 38.1. The fourth-order valence-electron chi connectivity index (χ4n) is 7.74. The van der Waals surface area contributed by atoms with Gasteiger partial charge in [-0.15, -0.1) is 0 Å². The van der Waals surface area contributed by atoms with Crippen LogP contribution in [0, 0.1) is 0 Å². The lowest BCUT2D eigenvalue weighted by atomic mass is 9.61. The zero-order valence-corrected chi connectivity index (χ0v) is 29.2. The smallest absolute Gasteiger partial charge is 0.198 e. The lowest BCUT2D eigenvalue weighted by Gasteiger charge is -2.62. The fourth-order valence-corrected chi connectivity index (χ4v) is 10.2. The Hall–Kier alpha value is -3.17. The van der Waals surface area contributed by atoms with Crippen molar-refractivity contribution in [3.05, 3.63) is 119 Å². The maximum atomic E-state index is 6.65. The van der Waals surface area contributed by atoms with E-state index in [-0.39, 0.29) is 0 Å². The van der Waals surface area contributed by atoms with Crippen LogP contribution < -0.4 is 9.80 Å². The molecule has 1 fully saturated rings. The van der Waals surface area contributed by atoms with E-state index in [1.807, 2.05) is 0 Å². The van der Waals surface area contributed by atoms with Crippen molar-refractivity contribution in [1.29, 1.82) is 0 Å². The predicted molar refractivity (Wildman–Crippen MR) is 189 cm³/mol. The van der Waals surface area contributed by atoms with Crippen LogP contribution in [-0.2, 0) is 21.0 Å². The van der Waals surface area contributed by atoms with Gasteiger partial charge in [0, 0.05) is 74.2 Å². The molecule has 0 aromatic heterocycles. The number of para-hydroxylation sites is 4. The molecule has 0 N–H and O–H groups in total. The molecule has 0 radical (unpaired) electrons. The predicted octanol–water partition coefficient (Wildman–Crippen LogP) is 10.2. The molecule has 3 heterocycles. The van der Waals surface area contributed by atoms with Crippen molar-refractivity contribution in [2.24, 2.45) is 0 Å². The van der Waals surface area contributed by atoms with Crippen molar-refractivity contribution in [3.63, 3.8) is 0 Å². The zero-order valence-electron chi connectivity index (χ0n) is 27.2. The van der Waals surface area contributed by atoms with Gasteiger partial charge < -0.3 is 9.80 Å². The van der Waals surface area contributed by atoms with E-state index in [2.05, 4.69) is 146 Å². The maximum Gasteiger partial charge on any atom is 0.198 e. The van der Waals surface area contributed by atoms with Crippen molar-refractivity contribution in [2.75, 3.05) is 22.9 Å². The van der Waals surface area contributed by atoms with Gasteiger partial charge >= 0.3 is 0 Å². The molecule has 0 aliphatic carbocycles. The zero-order chi connectivity index (χ0) is 30.7. The third kappa shape index (κ3) is 4.53. The normalized spacial score (nSPS) is 17.5. The lowest BCUT2D eigenvalue weighted by molar-refractivity contribution is -0.546. The molecule has 0 unspecified atom stereocenters. The van der Waals surface area contributed by atoms with E-state index in [0.29, 0.717) is 0 Å². The first-order valence-electron chi connectivity index (χ1n) is 16.4. The van der Waals surface area contributed by atoms with E-state index >= 15 is 0 Å². The topological polar surface area (TPSA) is 24.9 Å². The molecular weight excluding hydrogens is 573 g/mol. The summed E-state index contributed by atoms with van der Waals surface area (Å²) in [4.78, 5) is 18.4. The average molecular weight is 619 g/mol. The Morgan fingerprint density at radius 1 is 0.455 bits per heavy atom. The molecule has 0 amide bonds. The quantitative estimate of drug-likeness (QED) is 0.145. The first-order valence-corrected chi connectivity index (χ1v) is 23.8.